The summed E-state index contributed by atoms with van der Waals surface area (Å²) in [4.78, 5) is 26.4. The highest BCUT2D eigenvalue weighted by molar-refractivity contribution is 5.99. The molecule has 0 fully saturated rings. The molecule has 1 aliphatic rings. The lowest BCUT2D eigenvalue weighted by Crippen LogP contribution is -2.39. The highest BCUT2D eigenvalue weighted by Gasteiger charge is 2.26. The molecule has 0 atom stereocenters. The number of fused-ring (bicyclic) bond motifs is 1. The lowest BCUT2D eigenvalue weighted by Gasteiger charge is -2.29. The average molecular weight is 411 g/mol. The van der Waals surface area contributed by atoms with Crippen LogP contribution >= 0.6 is 0 Å². The van der Waals surface area contributed by atoms with E-state index in [2.05, 4.69) is 5.32 Å². The molecule has 0 spiro atoms. The Hall–Kier alpha value is -3.02. The molecule has 1 N–H and O–H groups in total. The summed E-state index contributed by atoms with van der Waals surface area (Å²) in [5.41, 5.74) is 2.60. The zero-order valence-electron chi connectivity index (χ0n) is 17.9. The van der Waals surface area contributed by atoms with Gasteiger partial charge in [0.15, 0.2) is 6.61 Å². The van der Waals surface area contributed by atoms with Gasteiger partial charge in [0.1, 0.15) is 11.5 Å². The number of carbonyl (C=O) groups excluding carboxylic acids is 2. The van der Waals surface area contributed by atoms with E-state index in [-0.39, 0.29) is 24.3 Å². The molecule has 30 heavy (non-hydrogen) atoms. The van der Waals surface area contributed by atoms with Crippen LogP contribution in [0.1, 0.15) is 38.7 Å². The summed E-state index contributed by atoms with van der Waals surface area (Å²) in [7, 11) is 0. The minimum atomic E-state index is -0.0772. The highest BCUT2D eigenvalue weighted by atomic mass is 16.5. The number of aryl methyl sites for hydroxylation is 1. The van der Waals surface area contributed by atoms with Crippen LogP contribution < -0.4 is 19.7 Å². The normalized spacial score (nSPS) is 13.1. The van der Waals surface area contributed by atoms with Crippen LogP contribution in [0.3, 0.4) is 0 Å². The van der Waals surface area contributed by atoms with Gasteiger partial charge in [-0.1, -0.05) is 31.5 Å². The molecular weight excluding hydrogens is 380 g/mol. The molecule has 0 saturated heterocycles. The Bertz CT molecular complexity index is 875. The molecule has 0 radical (unpaired) electrons. The van der Waals surface area contributed by atoms with Gasteiger partial charge in [-0.25, -0.2) is 0 Å². The fourth-order valence-corrected chi connectivity index (χ4v) is 3.48. The Balaban J connectivity index is 1.60. The van der Waals surface area contributed by atoms with E-state index in [1.165, 1.54) is 5.56 Å². The molecule has 0 aromatic heterocycles. The lowest BCUT2D eigenvalue weighted by atomic mass is 10.0. The second-order valence-electron chi connectivity index (χ2n) is 7.53. The number of ether oxygens (including phenoxy) is 2. The summed E-state index contributed by atoms with van der Waals surface area (Å²) in [6.45, 7) is 7.11. The fourth-order valence-electron chi connectivity index (χ4n) is 3.48. The third kappa shape index (κ3) is 5.32. The van der Waals surface area contributed by atoms with Crippen LogP contribution in [0.2, 0.25) is 0 Å². The first kappa shape index (κ1) is 21.7. The van der Waals surface area contributed by atoms with Gasteiger partial charge in [0.05, 0.1) is 12.3 Å². The van der Waals surface area contributed by atoms with E-state index in [1.54, 1.807) is 11.0 Å². The second kappa shape index (κ2) is 10.1. The van der Waals surface area contributed by atoms with Crippen LogP contribution in [0.15, 0.2) is 42.5 Å². The molecule has 2 aromatic rings. The van der Waals surface area contributed by atoms with E-state index in [9.17, 15) is 9.59 Å². The smallest absolute Gasteiger partial charge is 0.265 e. The minimum Gasteiger partial charge on any atom is -0.494 e. The standard InChI is InChI=1S/C24H30N2O4/c1-4-18(5-2)24(28)25-19-9-12-21-22(15-19)30-16-23(27)26(21)13-6-14-29-20-10-7-17(3)8-11-20/h7-12,15,18H,4-6,13-14,16H2,1-3H3,(H,25,28). The number of anilines is 2. The van der Waals surface area contributed by atoms with E-state index < -0.39 is 0 Å². The van der Waals surface area contributed by atoms with Crippen molar-refractivity contribution in [3.63, 3.8) is 0 Å². The van der Waals surface area contributed by atoms with E-state index in [0.717, 1.165) is 24.3 Å². The number of carbonyl (C=O) groups is 2. The molecular formula is C24H30N2O4. The topological polar surface area (TPSA) is 67.9 Å². The second-order valence-corrected chi connectivity index (χ2v) is 7.53. The Kier molecular flexibility index (Phi) is 7.33. The maximum atomic E-state index is 12.4. The van der Waals surface area contributed by atoms with Crippen molar-refractivity contribution in [2.75, 3.05) is 30.0 Å². The number of nitrogens with zero attached hydrogens (tertiary/aromatic N) is 1. The number of hydrogen-bond donors (Lipinski definition) is 1. The molecule has 2 aromatic carbocycles. The van der Waals surface area contributed by atoms with Crippen LogP contribution in [0, 0.1) is 12.8 Å². The minimum absolute atomic E-state index is 0.00420. The maximum Gasteiger partial charge on any atom is 0.265 e. The van der Waals surface area contributed by atoms with Crippen molar-refractivity contribution in [1.82, 2.24) is 0 Å². The van der Waals surface area contributed by atoms with E-state index in [0.29, 0.717) is 31.0 Å². The van der Waals surface area contributed by atoms with Crippen molar-refractivity contribution in [1.29, 1.82) is 0 Å². The quantitative estimate of drug-likeness (QED) is 0.615. The van der Waals surface area contributed by atoms with Gasteiger partial charge >= 0.3 is 0 Å². The van der Waals surface area contributed by atoms with Crippen molar-refractivity contribution in [2.45, 2.75) is 40.0 Å². The molecule has 1 heterocycles. The molecule has 0 aliphatic carbocycles. The van der Waals surface area contributed by atoms with Gasteiger partial charge in [-0.3, -0.25) is 9.59 Å². The number of nitrogens with one attached hydrogen (secondary N) is 1. The summed E-state index contributed by atoms with van der Waals surface area (Å²) in [6.07, 6.45) is 2.31. The number of amides is 2. The Labute approximate surface area is 178 Å². The van der Waals surface area contributed by atoms with Gasteiger partial charge in [0.25, 0.3) is 5.91 Å². The molecule has 0 unspecified atom stereocenters. The first-order valence-electron chi connectivity index (χ1n) is 10.6. The predicted molar refractivity (Wildman–Crippen MR) is 118 cm³/mol. The third-order valence-corrected chi connectivity index (χ3v) is 5.34. The maximum absolute atomic E-state index is 12.4. The summed E-state index contributed by atoms with van der Waals surface area (Å²) >= 11 is 0. The molecule has 6 heteroatoms. The van der Waals surface area contributed by atoms with Crippen molar-refractivity contribution in [2.24, 2.45) is 5.92 Å². The van der Waals surface area contributed by atoms with E-state index >= 15 is 0 Å². The zero-order chi connectivity index (χ0) is 21.5. The molecule has 1 aliphatic heterocycles. The van der Waals surface area contributed by atoms with Crippen molar-refractivity contribution in [3.8, 4) is 11.5 Å². The van der Waals surface area contributed by atoms with Gasteiger partial charge in [-0.2, -0.15) is 0 Å². The highest BCUT2D eigenvalue weighted by Crippen LogP contribution is 2.35. The van der Waals surface area contributed by atoms with Gasteiger partial charge in [0, 0.05) is 24.2 Å². The third-order valence-electron chi connectivity index (χ3n) is 5.34. The van der Waals surface area contributed by atoms with Crippen LogP contribution in [-0.2, 0) is 9.59 Å². The molecule has 0 bridgehead atoms. The van der Waals surface area contributed by atoms with Crippen molar-refractivity contribution in [3.05, 3.63) is 48.0 Å². The fraction of sp³-hybridized carbons (Fsp3) is 0.417. The Morgan fingerprint density at radius 1 is 1.17 bits per heavy atom. The van der Waals surface area contributed by atoms with Crippen molar-refractivity contribution >= 4 is 23.2 Å². The molecule has 2 amide bonds. The molecule has 3 rings (SSSR count). The van der Waals surface area contributed by atoms with Crippen LogP contribution in [0.25, 0.3) is 0 Å². The summed E-state index contributed by atoms with van der Waals surface area (Å²) in [6, 6.07) is 13.3. The van der Waals surface area contributed by atoms with E-state index in [4.69, 9.17) is 9.47 Å². The Morgan fingerprint density at radius 3 is 2.60 bits per heavy atom. The number of rotatable bonds is 9. The average Bonchev–Trinajstić information content (AvgIpc) is 2.74. The summed E-state index contributed by atoms with van der Waals surface area (Å²) in [5, 5.41) is 2.95. The molecule has 6 nitrogen and oxygen atoms in total. The monoisotopic (exact) mass is 410 g/mol. The zero-order valence-corrected chi connectivity index (χ0v) is 17.9. The summed E-state index contributed by atoms with van der Waals surface area (Å²) < 4.78 is 11.4. The van der Waals surface area contributed by atoms with Crippen LogP contribution in [0.5, 0.6) is 11.5 Å². The molecule has 160 valence electrons. The summed E-state index contributed by atoms with van der Waals surface area (Å²) in [5.74, 6) is 1.36. The molecule has 0 saturated carbocycles. The first-order chi connectivity index (χ1) is 14.5. The number of benzene rings is 2. The first-order valence-corrected chi connectivity index (χ1v) is 10.6. The lowest BCUT2D eigenvalue weighted by molar-refractivity contribution is -0.121. The largest absolute Gasteiger partial charge is 0.494 e. The van der Waals surface area contributed by atoms with Crippen LogP contribution in [-0.4, -0.2) is 31.6 Å². The van der Waals surface area contributed by atoms with Crippen LogP contribution in [0.4, 0.5) is 11.4 Å². The van der Waals surface area contributed by atoms with E-state index in [1.807, 2.05) is 57.2 Å². The van der Waals surface area contributed by atoms with Gasteiger partial charge in [-0.15, -0.1) is 0 Å². The number of hydrogen-bond acceptors (Lipinski definition) is 4. The van der Waals surface area contributed by atoms with Gasteiger partial charge in [-0.05, 0) is 50.5 Å². The van der Waals surface area contributed by atoms with Crippen molar-refractivity contribution < 1.29 is 19.1 Å². The SMILES string of the molecule is CCC(CC)C(=O)Nc1ccc2c(c1)OCC(=O)N2CCCOc1ccc(C)cc1. The predicted octanol–water partition coefficient (Wildman–Crippen LogP) is 4.56. The van der Waals surface area contributed by atoms with Gasteiger partial charge in [0.2, 0.25) is 5.91 Å². The Morgan fingerprint density at radius 2 is 1.90 bits per heavy atom. The van der Waals surface area contributed by atoms with Gasteiger partial charge < -0.3 is 19.7 Å².